The largest absolute Gasteiger partial charge is 0.416 e. The Kier molecular flexibility index (Phi) is 6.36. The molecule has 2 N–H and O–H groups in total. The minimum atomic E-state index is -4.72. The van der Waals surface area contributed by atoms with Gasteiger partial charge < -0.3 is 20.3 Å². The third-order valence-corrected chi connectivity index (χ3v) is 5.90. The van der Waals surface area contributed by atoms with Gasteiger partial charge in [0.2, 0.25) is 0 Å². The van der Waals surface area contributed by atoms with Gasteiger partial charge in [0.15, 0.2) is 12.2 Å². The van der Waals surface area contributed by atoms with Gasteiger partial charge in [0.1, 0.15) is 22.8 Å². The smallest absolute Gasteiger partial charge is 0.364 e. The zero-order valence-electron chi connectivity index (χ0n) is 17.5. The second-order valence-corrected chi connectivity index (χ2v) is 8.18. The van der Waals surface area contributed by atoms with Crippen LogP contribution in [0.15, 0.2) is 24.5 Å². The Balaban J connectivity index is 1.59. The van der Waals surface area contributed by atoms with E-state index in [0.29, 0.717) is 18.8 Å². The van der Waals surface area contributed by atoms with E-state index in [0.717, 1.165) is 0 Å². The molecule has 8 nitrogen and oxygen atoms in total. The van der Waals surface area contributed by atoms with Crippen molar-refractivity contribution in [2.45, 2.75) is 36.9 Å². The number of piperidine rings is 1. The second-order valence-electron chi connectivity index (χ2n) is 8.18. The van der Waals surface area contributed by atoms with Crippen LogP contribution in [0.3, 0.4) is 0 Å². The molecule has 4 rings (SSSR count). The maximum absolute atomic E-state index is 14.8. The highest BCUT2D eigenvalue weighted by molar-refractivity contribution is 5.92. The van der Waals surface area contributed by atoms with E-state index in [-0.39, 0.29) is 42.5 Å². The summed E-state index contributed by atoms with van der Waals surface area (Å²) < 4.78 is 60.8. The molecular formula is C21H22F4N6O2. The summed E-state index contributed by atoms with van der Waals surface area (Å²) in [5.74, 6) is -0.812. The molecule has 2 aromatic rings. The molecular weight excluding hydrogens is 444 g/mol. The molecule has 1 aromatic carbocycles. The van der Waals surface area contributed by atoms with Crippen LogP contribution >= 0.6 is 0 Å². The van der Waals surface area contributed by atoms with Crippen LogP contribution in [0.25, 0.3) is 11.0 Å². The van der Waals surface area contributed by atoms with Gasteiger partial charge in [-0.05, 0) is 38.1 Å². The van der Waals surface area contributed by atoms with Crippen LogP contribution in [0.4, 0.5) is 23.2 Å². The fraction of sp³-hybridized carbons (Fsp3) is 0.524. The normalized spacial score (nSPS) is 23.2. The van der Waals surface area contributed by atoms with E-state index in [4.69, 9.17) is 4.74 Å². The minimum Gasteiger partial charge on any atom is -0.364 e. The first-order chi connectivity index (χ1) is 15.7. The summed E-state index contributed by atoms with van der Waals surface area (Å²) in [6.45, 7) is -0.137. The molecule has 2 aliphatic heterocycles. The Hall–Kier alpha value is -3.04. The van der Waals surface area contributed by atoms with Crippen molar-refractivity contribution < 1.29 is 27.1 Å². The number of fused-ring (bicyclic) bond motifs is 1. The molecule has 2 saturated heterocycles. The lowest BCUT2D eigenvalue weighted by molar-refractivity contribution is -0.234. The summed E-state index contributed by atoms with van der Waals surface area (Å²) in [7, 11) is 0. The molecule has 1 aromatic heterocycles. The van der Waals surface area contributed by atoms with Crippen molar-refractivity contribution in [1.82, 2.24) is 20.6 Å². The van der Waals surface area contributed by atoms with Gasteiger partial charge in [0, 0.05) is 12.4 Å². The van der Waals surface area contributed by atoms with Crippen molar-refractivity contribution in [3.63, 3.8) is 0 Å². The standard InChI is InChI=1S/C21H22F4N6O2/c22-20(3-5-27-6-4-20)12-30-19(32)15-10-31(11-16(33-15)21(23,24)25)14-2-1-13(9-26)17-18(14)29-8-7-28-17/h1-2,7-8,15-16,27H,3-6,10-12H2,(H,30,32)/t15-,16+/m0/s1. The van der Waals surface area contributed by atoms with E-state index in [1.54, 1.807) is 0 Å². The fourth-order valence-electron chi connectivity index (χ4n) is 4.08. The van der Waals surface area contributed by atoms with Crippen molar-refractivity contribution >= 4 is 22.6 Å². The highest BCUT2D eigenvalue weighted by atomic mass is 19.4. The number of ether oxygens (including phenoxy) is 1. The number of amides is 1. The van der Waals surface area contributed by atoms with Gasteiger partial charge in [-0.3, -0.25) is 14.8 Å². The Morgan fingerprint density at radius 2 is 1.94 bits per heavy atom. The number of benzene rings is 1. The van der Waals surface area contributed by atoms with Gasteiger partial charge >= 0.3 is 6.18 Å². The number of alkyl halides is 4. The number of nitriles is 1. The molecule has 3 heterocycles. The zero-order chi connectivity index (χ0) is 23.6. The number of carbonyl (C=O) groups excluding carboxylic acids is 1. The third-order valence-electron chi connectivity index (χ3n) is 5.90. The van der Waals surface area contributed by atoms with Gasteiger partial charge in [-0.25, -0.2) is 4.39 Å². The van der Waals surface area contributed by atoms with Gasteiger partial charge in [-0.2, -0.15) is 18.4 Å². The molecule has 0 unspecified atom stereocenters. The number of hydrogen-bond donors (Lipinski definition) is 2. The lowest BCUT2D eigenvalue weighted by Gasteiger charge is -2.39. The molecule has 0 aliphatic carbocycles. The molecule has 0 spiro atoms. The van der Waals surface area contributed by atoms with Gasteiger partial charge in [0.25, 0.3) is 5.91 Å². The third kappa shape index (κ3) is 4.99. The number of carbonyl (C=O) groups is 1. The number of anilines is 1. The number of halogens is 4. The fourth-order valence-corrected chi connectivity index (χ4v) is 4.08. The number of morpholine rings is 1. The van der Waals surface area contributed by atoms with Gasteiger partial charge in [-0.1, -0.05) is 0 Å². The quantitative estimate of drug-likeness (QED) is 0.663. The Labute approximate surface area is 186 Å². The molecule has 0 bridgehead atoms. The van der Waals surface area contributed by atoms with E-state index >= 15 is 0 Å². The number of aromatic nitrogens is 2. The van der Waals surface area contributed by atoms with Crippen molar-refractivity contribution in [2.75, 3.05) is 37.6 Å². The maximum Gasteiger partial charge on any atom is 0.416 e. The predicted octanol–water partition coefficient (Wildman–Crippen LogP) is 1.85. The summed E-state index contributed by atoms with van der Waals surface area (Å²) in [5, 5.41) is 14.8. The van der Waals surface area contributed by atoms with E-state index in [1.165, 1.54) is 29.4 Å². The second kappa shape index (κ2) is 9.07. The SMILES string of the molecule is N#Cc1ccc(N2C[C@@H](C(=O)NCC3(F)CCNCC3)O[C@@H](C(F)(F)F)C2)c2nccnc12. The summed E-state index contributed by atoms with van der Waals surface area (Å²) in [4.78, 5) is 22.4. The minimum absolute atomic E-state index is 0.198. The number of nitrogens with zero attached hydrogens (tertiary/aromatic N) is 4. The molecule has 2 aliphatic rings. The Morgan fingerprint density at radius 3 is 2.61 bits per heavy atom. The van der Waals surface area contributed by atoms with Gasteiger partial charge in [0.05, 0.1) is 30.9 Å². The monoisotopic (exact) mass is 466 g/mol. The topological polar surface area (TPSA) is 103 Å². The van der Waals surface area contributed by atoms with Crippen molar-refractivity contribution in [1.29, 1.82) is 5.26 Å². The van der Waals surface area contributed by atoms with E-state index < -0.39 is 36.5 Å². The molecule has 2 fully saturated rings. The average Bonchev–Trinajstić information content (AvgIpc) is 2.81. The van der Waals surface area contributed by atoms with E-state index in [2.05, 4.69) is 20.6 Å². The Bertz CT molecular complexity index is 1070. The summed E-state index contributed by atoms with van der Waals surface area (Å²) in [6.07, 6.45) is -5.27. The first kappa shape index (κ1) is 23.1. The van der Waals surface area contributed by atoms with Crippen LogP contribution in [0.1, 0.15) is 18.4 Å². The molecule has 12 heteroatoms. The average molecular weight is 466 g/mol. The van der Waals surface area contributed by atoms with Crippen LogP contribution in [-0.4, -0.2) is 72.7 Å². The van der Waals surface area contributed by atoms with Crippen LogP contribution in [-0.2, 0) is 9.53 Å². The van der Waals surface area contributed by atoms with Crippen molar-refractivity contribution in [3.8, 4) is 6.07 Å². The van der Waals surface area contributed by atoms with Crippen LogP contribution < -0.4 is 15.5 Å². The van der Waals surface area contributed by atoms with E-state index in [9.17, 15) is 27.6 Å². The van der Waals surface area contributed by atoms with Crippen LogP contribution in [0.5, 0.6) is 0 Å². The molecule has 0 radical (unpaired) electrons. The predicted molar refractivity (Wildman–Crippen MR) is 110 cm³/mol. The van der Waals surface area contributed by atoms with Crippen LogP contribution in [0.2, 0.25) is 0 Å². The zero-order valence-corrected chi connectivity index (χ0v) is 17.5. The lowest BCUT2D eigenvalue weighted by atomic mass is 9.94. The van der Waals surface area contributed by atoms with Crippen molar-refractivity contribution in [3.05, 3.63) is 30.1 Å². The number of hydrogen-bond acceptors (Lipinski definition) is 7. The maximum atomic E-state index is 14.8. The first-order valence-electron chi connectivity index (χ1n) is 10.5. The number of rotatable bonds is 4. The summed E-state index contributed by atoms with van der Waals surface area (Å²) in [5.41, 5.74) is -0.591. The van der Waals surface area contributed by atoms with Gasteiger partial charge in [-0.15, -0.1) is 0 Å². The summed E-state index contributed by atoms with van der Waals surface area (Å²) in [6, 6.07) is 4.91. The molecule has 176 valence electrons. The number of nitrogens with one attached hydrogen (secondary N) is 2. The summed E-state index contributed by atoms with van der Waals surface area (Å²) >= 11 is 0. The highest BCUT2D eigenvalue weighted by Crippen LogP contribution is 2.33. The van der Waals surface area contributed by atoms with E-state index in [1.807, 2.05) is 6.07 Å². The lowest BCUT2D eigenvalue weighted by Crippen LogP contribution is -2.58. The highest BCUT2D eigenvalue weighted by Gasteiger charge is 2.48. The molecule has 33 heavy (non-hydrogen) atoms. The van der Waals surface area contributed by atoms with Crippen molar-refractivity contribution in [2.24, 2.45) is 0 Å². The molecule has 0 saturated carbocycles. The van der Waals surface area contributed by atoms with Crippen LogP contribution in [0, 0.1) is 11.3 Å². The Morgan fingerprint density at radius 1 is 1.24 bits per heavy atom. The first-order valence-corrected chi connectivity index (χ1v) is 10.5. The molecule has 2 atom stereocenters. The molecule has 1 amide bonds.